The maximum Gasteiger partial charge on any atom is 0.142 e. The molecule has 0 fully saturated rings. The minimum absolute atomic E-state index is 0.120. The average molecular weight is 306 g/mol. The molecule has 0 bridgehead atoms. The Bertz CT molecular complexity index is 594. The van der Waals surface area contributed by atoms with E-state index >= 15 is 0 Å². The average Bonchev–Trinajstić information content (AvgIpc) is 2.68. The van der Waals surface area contributed by atoms with Crippen molar-refractivity contribution in [1.29, 1.82) is 0 Å². The van der Waals surface area contributed by atoms with Gasteiger partial charge in [0.15, 0.2) is 0 Å². The zero-order chi connectivity index (χ0) is 14.2. The van der Waals surface area contributed by atoms with Crippen molar-refractivity contribution in [2.45, 2.75) is 6.04 Å². The molecule has 2 aromatic rings. The lowest BCUT2D eigenvalue weighted by molar-refractivity contribution is 0.539. The molecule has 102 valence electrons. The highest BCUT2D eigenvalue weighted by molar-refractivity contribution is 6.31. The summed E-state index contributed by atoms with van der Waals surface area (Å²) in [6.07, 6.45) is 1.45. The number of nitrogens with zero attached hydrogens (tertiary/aromatic N) is 2. The summed E-state index contributed by atoms with van der Waals surface area (Å²) in [6.45, 7) is 0. The summed E-state index contributed by atoms with van der Waals surface area (Å²) in [6, 6.07) is 1.38. The topological polar surface area (TPSA) is 29.9 Å². The number of benzene rings is 1. The Morgan fingerprint density at radius 1 is 1.21 bits per heavy atom. The number of hydrogen-bond donors (Lipinski definition) is 1. The molecule has 1 atom stereocenters. The monoisotopic (exact) mass is 305 g/mol. The molecule has 7 heteroatoms. The van der Waals surface area contributed by atoms with Crippen LogP contribution in [0.1, 0.15) is 17.3 Å². The van der Waals surface area contributed by atoms with E-state index < -0.39 is 17.7 Å². The van der Waals surface area contributed by atoms with Gasteiger partial charge in [-0.15, -0.1) is 0 Å². The van der Waals surface area contributed by atoms with Crippen LogP contribution in [0.5, 0.6) is 0 Å². The van der Waals surface area contributed by atoms with Gasteiger partial charge in [0.05, 0.1) is 28.0 Å². The Kier molecular flexibility index (Phi) is 4.08. The van der Waals surface area contributed by atoms with E-state index in [9.17, 15) is 8.78 Å². The van der Waals surface area contributed by atoms with Crippen molar-refractivity contribution in [2.75, 3.05) is 7.05 Å². The van der Waals surface area contributed by atoms with E-state index in [1.807, 2.05) is 0 Å². The molecule has 0 spiro atoms. The van der Waals surface area contributed by atoms with Crippen molar-refractivity contribution in [2.24, 2.45) is 7.05 Å². The van der Waals surface area contributed by atoms with Crippen LogP contribution in [0.3, 0.4) is 0 Å². The summed E-state index contributed by atoms with van der Waals surface area (Å²) in [7, 11) is 3.30. The largest absolute Gasteiger partial charge is 0.308 e. The van der Waals surface area contributed by atoms with Crippen molar-refractivity contribution in [3.63, 3.8) is 0 Å². The minimum atomic E-state index is -0.684. The number of rotatable bonds is 3. The number of aromatic nitrogens is 2. The first kappa shape index (κ1) is 14.2. The van der Waals surface area contributed by atoms with Gasteiger partial charge in [0.2, 0.25) is 0 Å². The first-order chi connectivity index (χ1) is 8.95. The highest BCUT2D eigenvalue weighted by Gasteiger charge is 2.23. The highest BCUT2D eigenvalue weighted by atomic mass is 35.5. The van der Waals surface area contributed by atoms with Gasteiger partial charge in [-0.25, -0.2) is 8.78 Å². The predicted octanol–water partition coefficient (Wildman–Crippen LogP) is 3.31. The molecule has 0 saturated carbocycles. The molecule has 19 heavy (non-hydrogen) atoms. The molecule has 0 aliphatic heterocycles. The molecule has 0 aliphatic rings. The van der Waals surface area contributed by atoms with Gasteiger partial charge in [-0.1, -0.05) is 23.2 Å². The SMILES string of the molecule is CNC(c1cc(F)c(Cl)cc1F)c1c(Cl)cnn1C. The molecule has 3 nitrogen and oxygen atoms in total. The molecule has 1 aromatic heterocycles. The van der Waals surface area contributed by atoms with Crippen molar-refractivity contribution in [1.82, 2.24) is 15.1 Å². The third-order valence-electron chi connectivity index (χ3n) is 2.85. The Balaban J connectivity index is 2.58. The van der Waals surface area contributed by atoms with Gasteiger partial charge in [0, 0.05) is 12.6 Å². The van der Waals surface area contributed by atoms with Crippen LogP contribution in [0.2, 0.25) is 10.0 Å². The van der Waals surface area contributed by atoms with E-state index in [0.717, 1.165) is 12.1 Å². The second-order valence-electron chi connectivity index (χ2n) is 4.01. The summed E-state index contributed by atoms with van der Waals surface area (Å²) in [5, 5.41) is 6.99. The molecule has 1 aromatic carbocycles. The van der Waals surface area contributed by atoms with Crippen molar-refractivity contribution in [3.8, 4) is 0 Å². The summed E-state index contributed by atoms with van der Waals surface area (Å²) >= 11 is 11.6. The molecule has 0 amide bonds. The number of aryl methyl sites for hydroxylation is 1. The standard InChI is InChI=1S/C12H11Cl2F2N3/c1-17-11(12-8(14)5-18-19(12)2)6-3-10(16)7(13)4-9(6)15/h3-5,11,17H,1-2H3. The van der Waals surface area contributed by atoms with E-state index in [1.165, 1.54) is 10.9 Å². The van der Waals surface area contributed by atoms with Crippen LogP contribution < -0.4 is 5.32 Å². The highest BCUT2D eigenvalue weighted by Crippen LogP contribution is 2.31. The van der Waals surface area contributed by atoms with E-state index in [2.05, 4.69) is 10.4 Å². The van der Waals surface area contributed by atoms with Crippen LogP contribution in [-0.2, 0) is 7.05 Å². The quantitative estimate of drug-likeness (QED) is 0.882. The molecule has 1 unspecified atom stereocenters. The van der Waals surface area contributed by atoms with Gasteiger partial charge in [-0.2, -0.15) is 5.10 Å². The molecule has 1 heterocycles. The van der Waals surface area contributed by atoms with Crippen molar-refractivity contribution >= 4 is 23.2 Å². The number of nitrogens with one attached hydrogen (secondary N) is 1. The van der Waals surface area contributed by atoms with Crippen LogP contribution in [-0.4, -0.2) is 16.8 Å². The second-order valence-corrected chi connectivity index (χ2v) is 4.83. The first-order valence-electron chi connectivity index (χ1n) is 5.44. The molecule has 0 radical (unpaired) electrons. The third-order valence-corrected chi connectivity index (χ3v) is 3.43. The van der Waals surface area contributed by atoms with Gasteiger partial charge >= 0.3 is 0 Å². The van der Waals surface area contributed by atoms with Crippen molar-refractivity contribution in [3.05, 3.63) is 51.3 Å². The lowest BCUT2D eigenvalue weighted by Crippen LogP contribution is -2.22. The fourth-order valence-corrected chi connectivity index (χ4v) is 2.37. The molecular formula is C12H11Cl2F2N3. The Morgan fingerprint density at radius 2 is 1.89 bits per heavy atom. The normalized spacial score (nSPS) is 12.7. The summed E-state index contributed by atoms with van der Waals surface area (Å²) in [5.74, 6) is -1.29. The predicted molar refractivity (Wildman–Crippen MR) is 70.5 cm³/mol. The molecule has 1 N–H and O–H groups in total. The number of hydrogen-bond acceptors (Lipinski definition) is 2. The Hall–Kier alpha value is -1.17. The Morgan fingerprint density at radius 3 is 2.42 bits per heavy atom. The smallest absolute Gasteiger partial charge is 0.142 e. The number of halogens is 4. The molecule has 0 saturated heterocycles. The fraction of sp³-hybridized carbons (Fsp3) is 0.250. The van der Waals surface area contributed by atoms with Crippen LogP contribution in [0.15, 0.2) is 18.3 Å². The minimum Gasteiger partial charge on any atom is -0.308 e. The second kappa shape index (κ2) is 5.45. The fourth-order valence-electron chi connectivity index (χ4n) is 1.94. The zero-order valence-electron chi connectivity index (χ0n) is 10.2. The van der Waals surface area contributed by atoms with Crippen molar-refractivity contribution < 1.29 is 8.78 Å². The van der Waals surface area contributed by atoms with Crippen LogP contribution in [0.4, 0.5) is 8.78 Å². The first-order valence-corrected chi connectivity index (χ1v) is 6.20. The van der Waals surface area contributed by atoms with E-state index in [4.69, 9.17) is 23.2 Å². The molecule has 0 aliphatic carbocycles. The third kappa shape index (κ3) is 2.59. The van der Waals surface area contributed by atoms with Gasteiger partial charge in [-0.3, -0.25) is 4.68 Å². The van der Waals surface area contributed by atoms with E-state index in [-0.39, 0.29) is 10.6 Å². The Labute approximate surface area is 119 Å². The molecular weight excluding hydrogens is 295 g/mol. The van der Waals surface area contributed by atoms with Crippen LogP contribution in [0.25, 0.3) is 0 Å². The van der Waals surface area contributed by atoms with Gasteiger partial charge < -0.3 is 5.32 Å². The summed E-state index contributed by atoms with van der Waals surface area (Å²) < 4.78 is 29.0. The van der Waals surface area contributed by atoms with Crippen LogP contribution in [0, 0.1) is 11.6 Å². The van der Waals surface area contributed by atoms with Gasteiger partial charge in [0.1, 0.15) is 11.6 Å². The zero-order valence-corrected chi connectivity index (χ0v) is 11.7. The maximum atomic E-state index is 14.0. The van der Waals surface area contributed by atoms with E-state index in [0.29, 0.717) is 10.7 Å². The van der Waals surface area contributed by atoms with E-state index in [1.54, 1.807) is 14.1 Å². The lowest BCUT2D eigenvalue weighted by Gasteiger charge is -2.18. The maximum absolute atomic E-state index is 14.0. The van der Waals surface area contributed by atoms with Gasteiger partial charge in [-0.05, 0) is 19.2 Å². The van der Waals surface area contributed by atoms with Crippen LogP contribution >= 0.6 is 23.2 Å². The van der Waals surface area contributed by atoms with Gasteiger partial charge in [0.25, 0.3) is 0 Å². The summed E-state index contributed by atoms with van der Waals surface area (Å²) in [5.41, 5.74) is 0.666. The lowest BCUT2D eigenvalue weighted by atomic mass is 10.0. The summed E-state index contributed by atoms with van der Waals surface area (Å²) in [4.78, 5) is 0. The molecule has 2 rings (SSSR count).